The predicted molar refractivity (Wildman–Crippen MR) is 77.4 cm³/mol. The lowest BCUT2D eigenvalue weighted by Gasteiger charge is -2.20. The van der Waals surface area contributed by atoms with E-state index in [-0.39, 0.29) is 6.04 Å². The normalized spacial score (nSPS) is 14.6. The molecule has 2 aromatic rings. The Bertz CT molecular complexity index is 507. The average molecular weight is 242 g/mol. The molecule has 0 saturated carbocycles. The molecule has 0 fully saturated rings. The summed E-state index contributed by atoms with van der Waals surface area (Å²) in [6.45, 7) is 4.46. The summed E-state index contributed by atoms with van der Waals surface area (Å²) in [6, 6.07) is 10.5. The highest BCUT2D eigenvalue weighted by Crippen LogP contribution is 2.25. The van der Waals surface area contributed by atoms with E-state index in [2.05, 4.69) is 43.1 Å². The second-order valence-electron chi connectivity index (χ2n) is 5.10. The first-order valence-corrected chi connectivity index (χ1v) is 6.82. The van der Waals surface area contributed by atoms with Crippen LogP contribution in [0.1, 0.15) is 44.7 Å². The summed E-state index contributed by atoms with van der Waals surface area (Å²) in [5, 5.41) is 1.18. The molecule has 0 saturated heterocycles. The zero-order valence-electron chi connectivity index (χ0n) is 11.3. The number of aromatic nitrogens is 1. The molecule has 0 aliphatic heterocycles. The van der Waals surface area contributed by atoms with Gasteiger partial charge in [-0.3, -0.25) is 4.98 Å². The van der Waals surface area contributed by atoms with Crippen LogP contribution in [0.5, 0.6) is 0 Å². The summed E-state index contributed by atoms with van der Waals surface area (Å²) in [6.07, 6.45) is 5.51. The van der Waals surface area contributed by atoms with Crippen molar-refractivity contribution in [3.05, 3.63) is 42.1 Å². The van der Waals surface area contributed by atoms with Gasteiger partial charge in [-0.25, -0.2) is 0 Å². The maximum absolute atomic E-state index is 6.34. The molecule has 1 aromatic carbocycles. The highest BCUT2D eigenvalue weighted by atomic mass is 14.7. The fourth-order valence-corrected chi connectivity index (χ4v) is 2.33. The topological polar surface area (TPSA) is 38.9 Å². The molecule has 2 rings (SSSR count). The highest BCUT2D eigenvalue weighted by Gasteiger charge is 2.14. The minimum Gasteiger partial charge on any atom is -0.324 e. The second-order valence-corrected chi connectivity index (χ2v) is 5.10. The molecule has 0 aliphatic carbocycles. The third-order valence-corrected chi connectivity index (χ3v) is 3.64. The summed E-state index contributed by atoms with van der Waals surface area (Å²) in [4.78, 5) is 4.39. The van der Waals surface area contributed by atoms with E-state index in [4.69, 9.17) is 5.73 Å². The van der Waals surface area contributed by atoms with Gasteiger partial charge in [0, 0.05) is 17.6 Å². The van der Waals surface area contributed by atoms with Crippen molar-refractivity contribution < 1.29 is 0 Å². The van der Waals surface area contributed by atoms with Crippen LogP contribution < -0.4 is 5.73 Å². The van der Waals surface area contributed by atoms with Gasteiger partial charge in [0.25, 0.3) is 0 Å². The van der Waals surface area contributed by atoms with Crippen molar-refractivity contribution in [2.75, 3.05) is 0 Å². The molecule has 96 valence electrons. The highest BCUT2D eigenvalue weighted by molar-refractivity contribution is 5.78. The molecule has 2 unspecified atom stereocenters. The van der Waals surface area contributed by atoms with Crippen LogP contribution in [0.3, 0.4) is 0 Å². The van der Waals surface area contributed by atoms with E-state index < -0.39 is 0 Å². The molecule has 2 heteroatoms. The van der Waals surface area contributed by atoms with E-state index in [9.17, 15) is 0 Å². The number of hydrogen-bond donors (Lipinski definition) is 1. The fraction of sp³-hybridized carbons (Fsp3) is 0.438. The van der Waals surface area contributed by atoms with Gasteiger partial charge in [0.05, 0.1) is 5.52 Å². The number of nitrogens with zero attached hydrogens (tertiary/aromatic N) is 1. The summed E-state index contributed by atoms with van der Waals surface area (Å²) in [5.74, 6) is 0.520. The molecule has 1 heterocycles. The maximum Gasteiger partial charge on any atom is 0.0705 e. The molecule has 18 heavy (non-hydrogen) atoms. The average Bonchev–Trinajstić information content (AvgIpc) is 2.43. The Balaban J connectivity index is 2.19. The van der Waals surface area contributed by atoms with E-state index in [1.54, 1.807) is 0 Å². The standard InChI is InChI=1S/C16H22N2/c1-3-4-6-12(2)16(17)14-9-8-13-7-5-10-18-15(13)11-14/h5,7-12,16H,3-4,6,17H2,1-2H3. The van der Waals surface area contributed by atoms with Crippen molar-refractivity contribution >= 4 is 10.9 Å². The first-order valence-electron chi connectivity index (χ1n) is 6.82. The van der Waals surface area contributed by atoms with Crippen LogP contribution in [-0.4, -0.2) is 4.98 Å². The van der Waals surface area contributed by atoms with Gasteiger partial charge >= 0.3 is 0 Å². The van der Waals surface area contributed by atoms with Crippen molar-refractivity contribution in [3.63, 3.8) is 0 Å². The monoisotopic (exact) mass is 242 g/mol. The number of unbranched alkanes of at least 4 members (excludes halogenated alkanes) is 1. The number of hydrogen-bond acceptors (Lipinski definition) is 2. The summed E-state index contributed by atoms with van der Waals surface area (Å²) in [5.41, 5.74) is 8.58. The SMILES string of the molecule is CCCCC(C)C(N)c1ccc2cccnc2c1. The van der Waals surface area contributed by atoms with Gasteiger partial charge in [-0.2, -0.15) is 0 Å². The lowest BCUT2D eigenvalue weighted by molar-refractivity contribution is 0.423. The van der Waals surface area contributed by atoms with E-state index in [1.807, 2.05) is 12.3 Å². The lowest BCUT2D eigenvalue weighted by Crippen LogP contribution is -2.19. The molecule has 2 nitrogen and oxygen atoms in total. The number of fused-ring (bicyclic) bond motifs is 1. The van der Waals surface area contributed by atoms with Crippen molar-refractivity contribution in [1.29, 1.82) is 0 Å². The fourth-order valence-electron chi connectivity index (χ4n) is 2.33. The third-order valence-electron chi connectivity index (χ3n) is 3.64. The van der Waals surface area contributed by atoms with Crippen LogP contribution >= 0.6 is 0 Å². The van der Waals surface area contributed by atoms with Gasteiger partial charge < -0.3 is 5.73 Å². The molecule has 2 atom stereocenters. The molecule has 0 bridgehead atoms. The smallest absolute Gasteiger partial charge is 0.0705 e. The van der Waals surface area contributed by atoms with Crippen LogP contribution in [0, 0.1) is 5.92 Å². The van der Waals surface area contributed by atoms with Crippen LogP contribution in [0.2, 0.25) is 0 Å². The Morgan fingerprint density at radius 3 is 2.89 bits per heavy atom. The van der Waals surface area contributed by atoms with Gasteiger partial charge in [-0.15, -0.1) is 0 Å². The largest absolute Gasteiger partial charge is 0.324 e. The minimum atomic E-state index is 0.114. The third kappa shape index (κ3) is 2.88. The van der Waals surface area contributed by atoms with Gasteiger partial charge in [-0.1, -0.05) is 44.9 Å². The van der Waals surface area contributed by atoms with Crippen LogP contribution in [0.15, 0.2) is 36.5 Å². The molecule has 0 amide bonds. The van der Waals surface area contributed by atoms with E-state index in [1.165, 1.54) is 30.2 Å². The first kappa shape index (κ1) is 13.0. The Labute approximate surface area is 109 Å². The van der Waals surface area contributed by atoms with Gasteiger partial charge in [-0.05, 0) is 30.0 Å². The van der Waals surface area contributed by atoms with Crippen LogP contribution in [0.25, 0.3) is 10.9 Å². The summed E-state index contributed by atoms with van der Waals surface area (Å²) < 4.78 is 0. The summed E-state index contributed by atoms with van der Waals surface area (Å²) in [7, 11) is 0. The Kier molecular flexibility index (Phi) is 4.32. The van der Waals surface area contributed by atoms with Crippen molar-refractivity contribution in [1.82, 2.24) is 4.98 Å². The van der Waals surface area contributed by atoms with Gasteiger partial charge in [0.2, 0.25) is 0 Å². The molecular formula is C16H22N2. The Hall–Kier alpha value is -1.41. The summed E-state index contributed by atoms with van der Waals surface area (Å²) >= 11 is 0. The molecule has 1 aromatic heterocycles. The first-order chi connectivity index (χ1) is 8.72. The molecular weight excluding hydrogens is 220 g/mol. The minimum absolute atomic E-state index is 0.114. The number of pyridine rings is 1. The van der Waals surface area contributed by atoms with E-state index >= 15 is 0 Å². The lowest BCUT2D eigenvalue weighted by atomic mass is 9.90. The van der Waals surface area contributed by atoms with E-state index in [0.717, 1.165) is 5.52 Å². The van der Waals surface area contributed by atoms with Crippen LogP contribution in [0.4, 0.5) is 0 Å². The zero-order chi connectivity index (χ0) is 13.0. The second kappa shape index (κ2) is 5.96. The van der Waals surface area contributed by atoms with Crippen molar-refractivity contribution in [2.45, 2.75) is 39.2 Å². The predicted octanol–water partition coefficient (Wildman–Crippen LogP) is 4.06. The van der Waals surface area contributed by atoms with E-state index in [0.29, 0.717) is 5.92 Å². The van der Waals surface area contributed by atoms with Gasteiger partial charge in [0.15, 0.2) is 0 Å². The van der Waals surface area contributed by atoms with Crippen LogP contribution in [-0.2, 0) is 0 Å². The quantitative estimate of drug-likeness (QED) is 0.858. The Morgan fingerprint density at radius 2 is 2.11 bits per heavy atom. The van der Waals surface area contributed by atoms with Crippen molar-refractivity contribution in [3.8, 4) is 0 Å². The zero-order valence-corrected chi connectivity index (χ0v) is 11.3. The number of rotatable bonds is 5. The van der Waals surface area contributed by atoms with Crippen molar-refractivity contribution in [2.24, 2.45) is 11.7 Å². The molecule has 0 spiro atoms. The molecule has 2 N–H and O–H groups in total. The molecule has 0 radical (unpaired) electrons. The van der Waals surface area contributed by atoms with Gasteiger partial charge in [0.1, 0.15) is 0 Å². The maximum atomic E-state index is 6.34. The number of benzene rings is 1. The molecule has 0 aliphatic rings. The number of nitrogens with two attached hydrogens (primary N) is 1. The Morgan fingerprint density at radius 1 is 1.28 bits per heavy atom.